The van der Waals surface area contributed by atoms with Crippen LogP contribution < -0.4 is 4.90 Å². The average molecular weight is 338 g/mol. The first-order valence-corrected chi connectivity index (χ1v) is 9.41. The van der Waals surface area contributed by atoms with E-state index in [2.05, 4.69) is 21.0 Å². The minimum absolute atomic E-state index is 0.0167. The van der Waals surface area contributed by atoms with Crippen molar-refractivity contribution >= 4 is 5.97 Å². The Labute approximate surface area is 144 Å². The van der Waals surface area contributed by atoms with E-state index in [1.54, 1.807) is 7.11 Å². The molecule has 1 aliphatic heterocycles. The first kappa shape index (κ1) is 16.8. The Morgan fingerprint density at radius 1 is 1.38 bits per heavy atom. The standard InChI is InChI=1S/C19H31NO4/c1-17-7-6-11-12(9-20(3)4)16(22)24-14(11)15-18(2,23-5)13(21)8-19(15,17)10-17/h11-15,21H,6-10H2,1-5H3/p+1/t11-,12-,13+,14-,15-,17-,18+,19-/m0/s1. The minimum Gasteiger partial charge on any atom is -0.461 e. The second kappa shape index (κ2) is 4.95. The molecular formula is C19H32NO4+. The van der Waals surface area contributed by atoms with Crippen LogP contribution in [0.5, 0.6) is 0 Å². The summed E-state index contributed by atoms with van der Waals surface area (Å²) in [5, 5.41) is 10.8. The van der Waals surface area contributed by atoms with E-state index in [1.165, 1.54) is 4.90 Å². The van der Waals surface area contributed by atoms with Crippen molar-refractivity contribution in [1.29, 1.82) is 0 Å². The number of esters is 1. The van der Waals surface area contributed by atoms with E-state index in [0.717, 1.165) is 32.2 Å². The maximum Gasteiger partial charge on any atom is 0.315 e. The summed E-state index contributed by atoms with van der Waals surface area (Å²) in [6, 6.07) is 0. The average Bonchev–Trinajstić information content (AvgIpc) is 2.88. The van der Waals surface area contributed by atoms with Crippen LogP contribution in [0, 0.1) is 28.6 Å². The quantitative estimate of drug-likeness (QED) is 0.725. The van der Waals surface area contributed by atoms with Gasteiger partial charge in [0.2, 0.25) is 0 Å². The largest absolute Gasteiger partial charge is 0.461 e. The molecule has 1 spiro atoms. The van der Waals surface area contributed by atoms with Crippen LogP contribution in [0.15, 0.2) is 0 Å². The van der Waals surface area contributed by atoms with E-state index in [-0.39, 0.29) is 40.7 Å². The predicted octanol–water partition coefficient (Wildman–Crippen LogP) is 0.265. The highest BCUT2D eigenvalue weighted by molar-refractivity contribution is 5.75. The molecule has 24 heavy (non-hydrogen) atoms. The number of hydrogen-bond acceptors (Lipinski definition) is 4. The fourth-order valence-electron chi connectivity index (χ4n) is 6.68. The Kier molecular flexibility index (Phi) is 3.47. The molecule has 0 radical (unpaired) electrons. The molecule has 0 amide bonds. The van der Waals surface area contributed by atoms with Gasteiger partial charge in [-0.3, -0.25) is 4.79 Å². The zero-order valence-electron chi connectivity index (χ0n) is 15.6. The second-order valence-electron chi connectivity index (χ2n) is 9.60. The van der Waals surface area contributed by atoms with Gasteiger partial charge in [0.1, 0.15) is 12.0 Å². The molecule has 136 valence electrons. The summed E-state index contributed by atoms with van der Waals surface area (Å²) in [5.74, 6) is 0.315. The van der Waals surface area contributed by atoms with Crippen molar-refractivity contribution in [2.24, 2.45) is 28.6 Å². The zero-order valence-corrected chi connectivity index (χ0v) is 15.6. The van der Waals surface area contributed by atoms with Crippen LogP contribution in [0.3, 0.4) is 0 Å². The summed E-state index contributed by atoms with van der Waals surface area (Å²) in [6.45, 7) is 5.21. The van der Waals surface area contributed by atoms with Gasteiger partial charge in [0.25, 0.3) is 0 Å². The van der Waals surface area contributed by atoms with Crippen LogP contribution in [-0.4, -0.2) is 56.6 Å². The van der Waals surface area contributed by atoms with Gasteiger partial charge in [0, 0.05) is 18.9 Å². The molecule has 0 unspecified atom stereocenters. The number of aliphatic hydroxyl groups is 1. The predicted molar refractivity (Wildman–Crippen MR) is 88.5 cm³/mol. The lowest BCUT2D eigenvalue weighted by Gasteiger charge is -2.39. The first-order valence-electron chi connectivity index (χ1n) is 9.41. The summed E-state index contributed by atoms with van der Waals surface area (Å²) in [6.07, 6.45) is 3.51. The number of ether oxygens (including phenoxy) is 2. The summed E-state index contributed by atoms with van der Waals surface area (Å²) in [5.41, 5.74) is -0.275. The van der Waals surface area contributed by atoms with Gasteiger partial charge in [-0.1, -0.05) is 6.92 Å². The van der Waals surface area contributed by atoms with E-state index in [0.29, 0.717) is 0 Å². The lowest BCUT2D eigenvalue weighted by molar-refractivity contribution is -0.861. The van der Waals surface area contributed by atoms with Gasteiger partial charge >= 0.3 is 5.97 Å². The Hall–Kier alpha value is -0.650. The van der Waals surface area contributed by atoms with Gasteiger partial charge in [-0.05, 0) is 43.4 Å². The smallest absolute Gasteiger partial charge is 0.315 e. The number of quaternary nitrogens is 1. The van der Waals surface area contributed by atoms with E-state index in [1.807, 2.05) is 6.92 Å². The summed E-state index contributed by atoms with van der Waals surface area (Å²) in [4.78, 5) is 13.9. The third kappa shape index (κ3) is 1.89. The van der Waals surface area contributed by atoms with Crippen LogP contribution >= 0.6 is 0 Å². The minimum atomic E-state index is -0.620. The van der Waals surface area contributed by atoms with Crippen molar-refractivity contribution in [3.05, 3.63) is 0 Å². The van der Waals surface area contributed by atoms with E-state index in [4.69, 9.17) is 9.47 Å². The fraction of sp³-hybridized carbons (Fsp3) is 0.947. The van der Waals surface area contributed by atoms with Crippen molar-refractivity contribution in [2.45, 2.75) is 57.3 Å². The molecule has 1 heterocycles. The first-order chi connectivity index (χ1) is 11.2. The molecule has 5 heteroatoms. The SMILES string of the molecule is CO[C@]1(C)[C@H](O)C[C@@]23C[C@]2(C)CC[C@@H]2[C@H](OC(=O)[C@H]2C[NH+](C)C)[C@@H]13. The lowest BCUT2D eigenvalue weighted by Crippen LogP contribution is -3.06. The maximum absolute atomic E-state index is 12.6. The third-order valence-corrected chi connectivity index (χ3v) is 8.13. The molecule has 4 fully saturated rings. The Balaban J connectivity index is 1.75. The van der Waals surface area contributed by atoms with Crippen molar-refractivity contribution < 1.29 is 24.3 Å². The van der Waals surface area contributed by atoms with Gasteiger partial charge < -0.3 is 19.5 Å². The molecule has 2 N–H and O–H groups in total. The van der Waals surface area contributed by atoms with Crippen LogP contribution in [0.1, 0.15) is 39.5 Å². The van der Waals surface area contributed by atoms with Gasteiger partial charge in [-0.15, -0.1) is 0 Å². The van der Waals surface area contributed by atoms with Crippen LogP contribution in [-0.2, 0) is 14.3 Å². The highest BCUT2D eigenvalue weighted by Crippen LogP contribution is 2.80. The molecule has 8 atom stereocenters. The zero-order chi connectivity index (χ0) is 17.5. The van der Waals surface area contributed by atoms with E-state index in [9.17, 15) is 9.90 Å². The molecule has 0 bridgehead atoms. The van der Waals surface area contributed by atoms with Crippen molar-refractivity contribution in [2.75, 3.05) is 27.7 Å². The molecule has 0 aromatic rings. The highest BCUT2D eigenvalue weighted by Gasteiger charge is 2.80. The van der Waals surface area contributed by atoms with Crippen LogP contribution in [0.25, 0.3) is 0 Å². The topological polar surface area (TPSA) is 60.2 Å². The molecule has 5 nitrogen and oxygen atoms in total. The summed E-state index contributed by atoms with van der Waals surface area (Å²) >= 11 is 0. The van der Waals surface area contributed by atoms with Crippen LogP contribution in [0.2, 0.25) is 0 Å². The fourth-order valence-corrected chi connectivity index (χ4v) is 6.68. The monoisotopic (exact) mass is 338 g/mol. The number of carbonyl (C=O) groups is 1. The number of fused-ring (bicyclic) bond motifs is 2. The number of hydrogen-bond donors (Lipinski definition) is 2. The van der Waals surface area contributed by atoms with Crippen molar-refractivity contribution in [1.82, 2.24) is 0 Å². The van der Waals surface area contributed by atoms with E-state index < -0.39 is 11.7 Å². The summed E-state index contributed by atoms with van der Waals surface area (Å²) in [7, 11) is 5.88. The number of rotatable bonds is 3. The molecule has 3 saturated carbocycles. The Morgan fingerprint density at radius 2 is 2.08 bits per heavy atom. The van der Waals surface area contributed by atoms with Gasteiger partial charge in [-0.25, -0.2) is 0 Å². The van der Waals surface area contributed by atoms with Crippen molar-refractivity contribution in [3.63, 3.8) is 0 Å². The van der Waals surface area contributed by atoms with Crippen LogP contribution in [0.4, 0.5) is 0 Å². The second-order valence-corrected chi connectivity index (χ2v) is 9.60. The number of carbonyl (C=O) groups excluding carboxylic acids is 1. The third-order valence-electron chi connectivity index (χ3n) is 8.13. The molecule has 3 aliphatic carbocycles. The highest BCUT2D eigenvalue weighted by atomic mass is 16.6. The lowest BCUT2D eigenvalue weighted by atomic mass is 9.73. The molecular weight excluding hydrogens is 306 g/mol. The number of aliphatic hydroxyl groups excluding tert-OH is 1. The molecule has 4 rings (SSSR count). The van der Waals surface area contributed by atoms with Gasteiger partial charge in [-0.2, -0.15) is 0 Å². The Bertz CT molecular complexity index is 566. The summed E-state index contributed by atoms with van der Waals surface area (Å²) < 4.78 is 11.9. The van der Waals surface area contributed by atoms with Gasteiger partial charge in [0.15, 0.2) is 0 Å². The maximum atomic E-state index is 12.6. The number of nitrogens with one attached hydrogen (secondary N) is 1. The Morgan fingerprint density at radius 3 is 2.71 bits per heavy atom. The molecule has 1 saturated heterocycles. The van der Waals surface area contributed by atoms with Crippen molar-refractivity contribution in [3.8, 4) is 0 Å². The number of methoxy groups -OCH3 is 1. The van der Waals surface area contributed by atoms with E-state index >= 15 is 0 Å². The molecule has 0 aromatic heterocycles. The molecule has 4 aliphatic rings. The van der Waals surface area contributed by atoms with Gasteiger partial charge in [0.05, 0.1) is 32.3 Å². The normalized spacial score (nSPS) is 55.6. The molecule has 0 aromatic carbocycles.